The summed E-state index contributed by atoms with van der Waals surface area (Å²) in [5, 5.41) is 12.5. The Labute approximate surface area is 137 Å². The monoisotopic (exact) mass is 322 g/mol. The number of amides is 1. The summed E-state index contributed by atoms with van der Waals surface area (Å²) in [4.78, 5) is 14.3. The van der Waals surface area contributed by atoms with Crippen molar-refractivity contribution in [2.24, 2.45) is 0 Å². The molecule has 0 aromatic heterocycles. The molecule has 0 spiro atoms. The van der Waals surface area contributed by atoms with E-state index in [1.54, 1.807) is 14.2 Å². The van der Waals surface area contributed by atoms with Gasteiger partial charge in [0, 0.05) is 18.7 Å². The van der Waals surface area contributed by atoms with E-state index in [2.05, 4.69) is 10.2 Å². The van der Waals surface area contributed by atoms with Crippen molar-refractivity contribution in [3.05, 3.63) is 23.8 Å². The summed E-state index contributed by atoms with van der Waals surface area (Å²) in [6.07, 6.45) is 1.23. The summed E-state index contributed by atoms with van der Waals surface area (Å²) >= 11 is 0. The molecule has 0 aliphatic carbocycles. The highest BCUT2D eigenvalue weighted by Gasteiger charge is 2.21. The van der Waals surface area contributed by atoms with E-state index in [1.165, 1.54) is 0 Å². The molecule has 0 radical (unpaired) electrons. The molecule has 1 aliphatic heterocycles. The van der Waals surface area contributed by atoms with Crippen LogP contribution in [0, 0.1) is 0 Å². The first-order chi connectivity index (χ1) is 11.0. The average Bonchev–Trinajstić information content (AvgIpc) is 2.56. The summed E-state index contributed by atoms with van der Waals surface area (Å²) < 4.78 is 10.6. The van der Waals surface area contributed by atoms with Gasteiger partial charge in [0.1, 0.15) is 11.5 Å². The third-order valence-corrected chi connectivity index (χ3v) is 4.21. The van der Waals surface area contributed by atoms with Crippen molar-refractivity contribution in [2.75, 3.05) is 33.9 Å². The van der Waals surface area contributed by atoms with Crippen molar-refractivity contribution in [3.8, 4) is 11.5 Å². The Morgan fingerprint density at radius 1 is 1.35 bits per heavy atom. The highest BCUT2D eigenvalue weighted by Crippen LogP contribution is 2.29. The number of ether oxygens (including phenoxy) is 2. The van der Waals surface area contributed by atoms with E-state index in [1.807, 2.05) is 25.1 Å². The highest BCUT2D eigenvalue weighted by molar-refractivity contribution is 5.78. The topological polar surface area (TPSA) is 71.0 Å². The normalized spacial score (nSPS) is 17.6. The molecule has 2 rings (SSSR count). The molecule has 6 nitrogen and oxygen atoms in total. The Morgan fingerprint density at radius 2 is 2.04 bits per heavy atom. The molecule has 23 heavy (non-hydrogen) atoms. The molecule has 2 N–H and O–H groups in total. The Bertz CT molecular complexity index is 527. The number of rotatable bonds is 6. The fraction of sp³-hybridized carbons (Fsp3) is 0.588. The Balaban J connectivity index is 1.95. The first-order valence-electron chi connectivity index (χ1n) is 7.95. The standard InChI is InChI=1S/C17H26N2O4/c1-12(15-10-14(22-2)4-5-16(15)23-3)18-17(21)11-19-8-6-13(20)7-9-19/h4-5,10,12-13,20H,6-9,11H2,1-3H3,(H,18,21)/t12-/m0/s1. The van der Waals surface area contributed by atoms with Gasteiger partial charge in [0.2, 0.25) is 5.91 Å². The van der Waals surface area contributed by atoms with Gasteiger partial charge in [-0.3, -0.25) is 9.69 Å². The molecule has 6 heteroatoms. The number of likely N-dealkylation sites (tertiary alicyclic amines) is 1. The predicted octanol–water partition coefficient (Wildman–Crippen LogP) is 1.34. The van der Waals surface area contributed by atoms with E-state index < -0.39 is 0 Å². The lowest BCUT2D eigenvalue weighted by Crippen LogP contribution is -2.43. The van der Waals surface area contributed by atoms with Crippen LogP contribution in [0.25, 0.3) is 0 Å². The fourth-order valence-corrected chi connectivity index (χ4v) is 2.82. The second-order valence-corrected chi connectivity index (χ2v) is 5.90. The van der Waals surface area contributed by atoms with Gasteiger partial charge in [-0.05, 0) is 38.0 Å². The molecule has 1 aromatic carbocycles. The zero-order valence-electron chi connectivity index (χ0n) is 14.0. The third-order valence-electron chi connectivity index (χ3n) is 4.21. The first-order valence-corrected chi connectivity index (χ1v) is 7.95. The fourth-order valence-electron chi connectivity index (χ4n) is 2.82. The number of nitrogens with zero attached hydrogens (tertiary/aromatic N) is 1. The minimum Gasteiger partial charge on any atom is -0.497 e. The van der Waals surface area contributed by atoms with Crippen LogP contribution in [0.15, 0.2) is 18.2 Å². The van der Waals surface area contributed by atoms with E-state index >= 15 is 0 Å². The van der Waals surface area contributed by atoms with Gasteiger partial charge in [-0.15, -0.1) is 0 Å². The lowest BCUT2D eigenvalue weighted by Gasteiger charge is -2.29. The average molecular weight is 322 g/mol. The van der Waals surface area contributed by atoms with Gasteiger partial charge in [-0.25, -0.2) is 0 Å². The molecule has 1 amide bonds. The molecule has 1 atom stereocenters. The van der Waals surface area contributed by atoms with E-state index in [9.17, 15) is 9.90 Å². The van der Waals surface area contributed by atoms with Crippen LogP contribution in [0.2, 0.25) is 0 Å². The largest absolute Gasteiger partial charge is 0.497 e. The van der Waals surface area contributed by atoms with Gasteiger partial charge >= 0.3 is 0 Å². The SMILES string of the molecule is COc1ccc(OC)c([C@H](C)NC(=O)CN2CCC(O)CC2)c1. The van der Waals surface area contributed by atoms with Gasteiger partial charge in [0.25, 0.3) is 0 Å². The molecule has 128 valence electrons. The van der Waals surface area contributed by atoms with Crippen molar-refractivity contribution in [1.82, 2.24) is 10.2 Å². The van der Waals surface area contributed by atoms with Gasteiger partial charge in [0.05, 0.1) is 32.9 Å². The molecular weight excluding hydrogens is 296 g/mol. The van der Waals surface area contributed by atoms with Crippen molar-refractivity contribution < 1.29 is 19.4 Å². The molecule has 0 bridgehead atoms. The van der Waals surface area contributed by atoms with Crippen LogP contribution in [0.5, 0.6) is 11.5 Å². The van der Waals surface area contributed by atoms with Crippen molar-refractivity contribution in [2.45, 2.75) is 31.9 Å². The molecule has 1 aliphatic rings. The Hall–Kier alpha value is -1.79. The van der Waals surface area contributed by atoms with Crippen LogP contribution < -0.4 is 14.8 Å². The number of aliphatic hydroxyl groups is 1. The second-order valence-electron chi connectivity index (χ2n) is 5.90. The zero-order chi connectivity index (χ0) is 16.8. The predicted molar refractivity (Wildman–Crippen MR) is 87.8 cm³/mol. The van der Waals surface area contributed by atoms with Crippen molar-refractivity contribution in [3.63, 3.8) is 0 Å². The molecule has 0 saturated carbocycles. The lowest BCUT2D eigenvalue weighted by atomic mass is 10.1. The number of carbonyl (C=O) groups excluding carboxylic acids is 1. The summed E-state index contributed by atoms with van der Waals surface area (Å²) in [6, 6.07) is 5.36. The maximum absolute atomic E-state index is 12.2. The Morgan fingerprint density at radius 3 is 2.65 bits per heavy atom. The van der Waals surface area contributed by atoms with Crippen LogP contribution in [0.1, 0.15) is 31.4 Å². The maximum Gasteiger partial charge on any atom is 0.234 e. The quantitative estimate of drug-likeness (QED) is 0.827. The van der Waals surface area contributed by atoms with E-state index in [-0.39, 0.29) is 18.1 Å². The minimum absolute atomic E-state index is 0.0289. The molecule has 1 saturated heterocycles. The van der Waals surface area contributed by atoms with Crippen LogP contribution in [-0.2, 0) is 4.79 Å². The van der Waals surface area contributed by atoms with Crippen LogP contribution in [0.4, 0.5) is 0 Å². The molecular formula is C17H26N2O4. The first kappa shape index (κ1) is 17.6. The number of benzene rings is 1. The summed E-state index contributed by atoms with van der Waals surface area (Å²) in [7, 11) is 3.22. The maximum atomic E-state index is 12.2. The number of carbonyl (C=O) groups is 1. The van der Waals surface area contributed by atoms with Gasteiger partial charge < -0.3 is 19.9 Å². The molecule has 0 unspecified atom stereocenters. The van der Waals surface area contributed by atoms with Gasteiger partial charge in [-0.2, -0.15) is 0 Å². The van der Waals surface area contributed by atoms with Gasteiger partial charge in [0.15, 0.2) is 0 Å². The number of hydrogen-bond donors (Lipinski definition) is 2. The van der Waals surface area contributed by atoms with Crippen LogP contribution in [-0.4, -0.2) is 55.9 Å². The smallest absolute Gasteiger partial charge is 0.234 e. The summed E-state index contributed by atoms with van der Waals surface area (Å²) in [5.41, 5.74) is 0.884. The third kappa shape index (κ3) is 4.84. The van der Waals surface area contributed by atoms with E-state index in [4.69, 9.17) is 9.47 Å². The number of nitrogens with one attached hydrogen (secondary N) is 1. The highest BCUT2D eigenvalue weighted by atomic mass is 16.5. The summed E-state index contributed by atoms with van der Waals surface area (Å²) in [5.74, 6) is 1.42. The van der Waals surface area contributed by atoms with Gasteiger partial charge in [-0.1, -0.05) is 0 Å². The summed E-state index contributed by atoms with van der Waals surface area (Å²) in [6.45, 7) is 3.79. The van der Waals surface area contributed by atoms with Crippen molar-refractivity contribution >= 4 is 5.91 Å². The molecule has 1 aromatic rings. The molecule has 1 fully saturated rings. The minimum atomic E-state index is -0.228. The number of aliphatic hydroxyl groups excluding tert-OH is 1. The van der Waals surface area contributed by atoms with E-state index in [0.29, 0.717) is 6.54 Å². The number of piperidine rings is 1. The lowest BCUT2D eigenvalue weighted by molar-refractivity contribution is -0.123. The number of methoxy groups -OCH3 is 2. The van der Waals surface area contributed by atoms with E-state index in [0.717, 1.165) is 43.0 Å². The van der Waals surface area contributed by atoms with Crippen LogP contribution in [0.3, 0.4) is 0 Å². The number of hydrogen-bond acceptors (Lipinski definition) is 5. The molecule has 1 heterocycles. The van der Waals surface area contributed by atoms with Crippen LogP contribution >= 0.6 is 0 Å². The second kappa shape index (κ2) is 8.17. The zero-order valence-corrected chi connectivity index (χ0v) is 14.0. The van der Waals surface area contributed by atoms with Crippen molar-refractivity contribution in [1.29, 1.82) is 0 Å². The Kier molecular flexibility index (Phi) is 6.24.